The van der Waals surface area contributed by atoms with E-state index in [1.807, 2.05) is 30.3 Å². The standard InChI is InChI=1S/C24H31N3O4/c1-29-20-9-10-21(23(16-20)30-2)22-4-3-11-27(22)17-24(28)25-18-5-7-19(8-6-18)26-12-14-31-15-13-26/h5-10,16,22H,3-4,11-15,17H2,1-2H3,(H,25,28). The molecule has 2 saturated heterocycles. The van der Waals surface area contributed by atoms with Crippen molar-refractivity contribution < 1.29 is 19.0 Å². The van der Waals surface area contributed by atoms with E-state index in [0.717, 1.165) is 74.1 Å². The van der Waals surface area contributed by atoms with Crippen LogP contribution in [0.25, 0.3) is 0 Å². The minimum atomic E-state index is -0.00139. The fourth-order valence-electron chi connectivity index (χ4n) is 4.42. The molecule has 2 aliphatic heterocycles. The molecule has 0 aromatic heterocycles. The van der Waals surface area contributed by atoms with E-state index < -0.39 is 0 Å². The zero-order valence-electron chi connectivity index (χ0n) is 18.3. The summed E-state index contributed by atoms with van der Waals surface area (Å²) in [5, 5.41) is 3.04. The first-order valence-corrected chi connectivity index (χ1v) is 10.9. The van der Waals surface area contributed by atoms with Crippen LogP contribution in [-0.4, -0.2) is 64.4 Å². The van der Waals surface area contributed by atoms with Crippen LogP contribution >= 0.6 is 0 Å². The molecule has 1 N–H and O–H groups in total. The molecule has 0 spiro atoms. The van der Waals surface area contributed by atoms with E-state index >= 15 is 0 Å². The maximum Gasteiger partial charge on any atom is 0.238 e. The van der Waals surface area contributed by atoms with Crippen LogP contribution in [0.1, 0.15) is 24.4 Å². The van der Waals surface area contributed by atoms with Gasteiger partial charge in [0.15, 0.2) is 0 Å². The number of morpholine rings is 1. The molecular weight excluding hydrogens is 394 g/mol. The smallest absolute Gasteiger partial charge is 0.238 e. The Morgan fingerprint density at radius 3 is 2.55 bits per heavy atom. The molecule has 2 fully saturated rings. The lowest BCUT2D eigenvalue weighted by Crippen LogP contribution is -2.36. The lowest BCUT2D eigenvalue weighted by molar-refractivity contribution is -0.117. The molecule has 1 amide bonds. The van der Waals surface area contributed by atoms with Gasteiger partial charge in [0.25, 0.3) is 0 Å². The van der Waals surface area contributed by atoms with Crippen LogP contribution in [0, 0.1) is 0 Å². The highest BCUT2D eigenvalue weighted by molar-refractivity contribution is 5.92. The van der Waals surface area contributed by atoms with Crippen molar-refractivity contribution >= 4 is 17.3 Å². The molecule has 0 radical (unpaired) electrons. The Labute approximate surface area is 183 Å². The Morgan fingerprint density at radius 2 is 1.84 bits per heavy atom. The summed E-state index contributed by atoms with van der Waals surface area (Å²) in [6, 6.07) is 14.1. The molecule has 4 rings (SSSR count). The van der Waals surface area contributed by atoms with Crippen molar-refractivity contribution in [3.8, 4) is 11.5 Å². The molecule has 2 aromatic rings. The van der Waals surface area contributed by atoms with E-state index in [4.69, 9.17) is 14.2 Å². The molecule has 31 heavy (non-hydrogen) atoms. The summed E-state index contributed by atoms with van der Waals surface area (Å²) in [6.45, 7) is 4.56. The molecule has 0 bridgehead atoms. The topological polar surface area (TPSA) is 63.3 Å². The van der Waals surface area contributed by atoms with E-state index in [0.29, 0.717) is 6.54 Å². The van der Waals surface area contributed by atoms with Gasteiger partial charge >= 0.3 is 0 Å². The number of carbonyl (C=O) groups is 1. The fraction of sp³-hybridized carbons (Fsp3) is 0.458. The van der Waals surface area contributed by atoms with Gasteiger partial charge in [-0.2, -0.15) is 0 Å². The highest BCUT2D eigenvalue weighted by Gasteiger charge is 2.30. The summed E-state index contributed by atoms with van der Waals surface area (Å²) < 4.78 is 16.3. The first-order valence-electron chi connectivity index (χ1n) is 10.9. The Kier molecular flexibility index (Phi) is 6.94. The Morgan fingerprint density at radius 1 is 1.06 bits per heavy atom. The third-order valence-electron chi connectivity index (χ3n) is 6.04. The van der Waals surface area contributed by atoms with Gasteiger partial charge in [-0.1, -0.05) is 6.07 Å². The maximum absolute atomic E-state index is 12.8. The van der Waals surface area contributed by atoms with Crippen molar-refractivity contribution in [2.75, 3.05) is 63.8 Å². The number of nitrogens with one attached hydrogen (secondary N) is 1. The minimum absolute atomic E-state index is 0.00139. The molecule has 7 nitrogen and oxygen atoms in total. The first kappa shape index (κ1) is 21.5. The van der Waals surface area contributed by atoms with Gasteiger partial charge in [0.1, 0.15) is 11.5 Å². The molecule has 1 unspecified atom stereocenters. The number of nitrogens with zero attached hydrogens (tertiary/aromatic N) is 2. The van der Waals surface area contributed by atoms with Gasteiger partial charge in [0.05, 0.1) is 34.0 Å². The average Bonchev–Trinajstić information content (AvgIpc) is 3.27. The van der Waals surface area contributed by atoms with Crippen molar-refractivity contribution in [1.82, 2.24) is 4.90 Å². The fourth-order valence-corrected chi connectivity index (χ4v) is 4.42. The molecule has 1 atom stereocenters. The SMILES string of the molecule is COc1ccc(C2CCCN2CC(=O)Nc2ccc(N3CCOCC3)cc2)c(OC)c1. The van der Waals surface area contributed by atoms with Gasteiger partial charge in [-0.15, -0.1) is 0 Å². The normalized spacial score (nSPS) is 19.3. The third-order valence-corrected chi connectivity index (χ3v) is 6.04. The molecule has 2 aliphatic rings. The van der Waals surface area contributed by atoms with E-state index in [2.05, 4.69) is 27.2 Å². The van der Waals surface area contributed by atoms with Gasteiger partial charge in [-0.05, 0) is 49.7 Å². The number of anilines is 2. The zero-order chi connectivity index (χ0) is 21.6. The largest absolute Gasteiger partial charge is 0.497 e. The number of benzene rings is 2. The summed E-state index contributed by atoms with van der Waals surface area (Å²) in [4.78, 5) is 17.3. The number of rotatable bonds is 7. The van der Waals surface area contributed by atoms with Gasteiger partial charge < -0.3 is 24.4 Å². The van der Waals surface area contributed by atoms with Gasteiger partial charge in [-0.3, -0.25) is 9.69 Å². The van der Waals surface area contributed by atoms with E-state index in [9.17, 15) is 4.79 Å². The van der Waals surface area contributed by atoms with Crippen LogP contribution < -0.4 is 19.7 Å². The predicted molar refractivity (Wildman–Crippen MR) is 121 cm³/mol. The number of carbonyl (C=O) groups excluding carboxylic acids is 1. The van der Waals surface area contributed by atoms with E-state index in [1.165, 1.54) is 0 Å². The summed E-state index contributed by atoms with van der Waals surface area (Å²) in [7, 11) is 3.32. The lowest BCUT2D eigenvalue weighted by atomic mass is 10.0. The molecule has 2 aromatic carbocycles. The number of ether oxygens (including phenoxy) is 3. The van der Waals surface area contributed by atoms with Crippen molar-refractivity contribution in [1.29, 1.82) is 0 Å². The van der Waals surface area contributed by atoms with E-state index in [1.54, 1.807) is 14.2 Å². The van der Waals surface area contributed by atoms with Crippen LogP contribution in [0.2, 0.25) is 0 Å². The Bertz CT molecular complexity index is 881. The lowest BCUT2D eigenvalue weighted by Gasteiger charge is -2.29. The maximum atomic E-state index is 12.8. The van der Waals surface area contributed by atoms with Crippen LogP contribution in [0.5, 0.6) is 11.5 Å². The number of likely N-dealkylation sites (tertiary alicyclic amines) is 1. The molecule has 166 valence electrons. The number of hydrogen-bond donors (Lipinski definition) is 1. The van der Waals surface area contributed by atoms with Gasteiger partial charge in [-0.25, -0.2) is 0 Å². The van der Waals surface area contributed by atoms with Crippen LogP contribution in [0.3, 0.4) is 0 Å². The van der Waals surface area contributed by atoms with Crippen molar-refractivity contribution in [3.63, 3.8) is 0 Å². The average molecular weight is 426 g/mol. The number of hydrogen-bond acceptors (Lipinski definition) is 6. The third kappa shape index (κ3) is 5.11. The van der Waals surface area contributed by atoms with Crippen molar-refractivity contribution in [3.05, 3.63) is 48.0 Å². The summed E-state index contributed by atoms with van der Waals surface area (Å²) >= 11 is 0. The highest BCUT2D eigenvalue weighted by Crippen LogP contribution is 2.38. The first-order chi connectivity index (χ1) is 15.2. The Balaban J connectivity index is 1.38. The predicted octanol–water partition coefficient (Wildman–Crippen LogP) is 3.32. The monoisotopic (exact) mass is 425 g/mol. The summed E-state index contributed by atoms with van der Waals surface area (Å²) in [5.41, 5.74) is 3.08. The molecule has 0 aliphatic carbocycles. The Hall–Kier alpha value is -2.77. The van der Waals surface area contributed by atoms with Gasteiger partial charge in [0, 0.05) is 42.1 Å². The highest BCUT2D eigenvalue weighted by atomic mass is 16.5. The molecule has 2 heterocycles. The van der Waals surface area contributed by atoms with Crippen LogP contribution in [-0.2, 0) is 9.53 Å². The van der Waals surface area contributed by atoms with Crippen molar-refractivity contribution in [2.45, 2.75) is 18.9 Å². The summed E-state index contributed by atoms with van der Waals surface area (Å²) in [6.07, 6.45) is 2.06. The van der Waals surface area contributed by atoms with Crippen LogP contribution in [0.15, 0.2) is 42.5 Å². The molecular formula is C24H31N3O4. The zero-order valence-corrected chi connectivity index (χ0v) is 18.3. The summed E-state index contributed by atoms with van der Waals surface area (Å²) in [5.74, 6) is 1.57. The van der Waals surface area contributed by atoms with Crippen LogP contribution in [0.4, 0.5) is 11.4 Å². The molecule has 7 heteroatoms. The minimum Gasteiger partial charge on any atom is -0.497 e. The second kappa shape index (κ2) is 10.0. The number of amides is 1. The molecule has 0 saturated carbocycles. The second-order valence-electron chi connectivity index (χ2n) is 7.93. The second-order valence-corrected chi connectivity index (χ2v) is 7.93. The van der Waals surface area contributed by atoms with Crippen molar-refractivity contribution in [2.24, 2.45) is 0 Å². The van der Waals surface area contributed by atoms with E-state index in [-0.39, 0.29) is 11.9 Å². The van der Waals surface area contributed by atoms with Gasteiger partial charge in [0.2, 0.25) is 5.91 Å². The quantitative estimate of drug-likeness (QED) is 0.734. The number of methoxy groups -OCH3 is 2.